The molecule has 0 spiro atoms. The van der Waals surface area contributed by atoms with Crippen molar-refractivity contribution in [3.05, 3.63) is 29.8 Å². The van der Waals surface area contributed by atoms with Crippen LogP contribution >= 0.6 is 15.9 Å². The highest BCUT2D eigenvalue weighted by atomic mass is 79.9. The number of ether oxygens (including phenoxy) is 1. The molecule has 18 heavy (non-hydrogen) atoms. The number of halogens is 1. The number of carboxylic acid groups (broad SMARTS) is 1. The summed E-state index contributed by atoms with van der Waals surface area (Å²) in [5.74, 6) is -1.38. The van der Waals surface area contributed by atoms with Crippen molar-refractivity contribution >= 4 is 27.9 Å². The first kappa shape index (κ1) is 14.7. The van der Waals surface area contributed by atoms with E-state index < -0.39 is 11.9 Å². The van der Waals surface area contributed by atoms with Crippen LogP contribution < -0.4 is 4.74 Å². The quantitative estimate of drug-likeness (QED) is 0.363. The number of alkyl halides is 1. The Balaban J connectivity index is 2.51. The molecule has 98 valence electrons. The Morgan fingerprint density at radius 2 is 1.89 bits per heavy atom. The molecule has 0 saturated heterocycles. The van der Waals surface area contributed by atoms with E-state index in [1.54, 1.807) is 12.1 Å². The molecule has 0 amide bonds. The fourth-order valence-electron chi connectivity index (χ4n) is 1.45. The minimum atomic E-state index is -1.10. The van der Waals surface area contributed by atoms with Crippen LogP contribution in [0.2, 0.25) is 0 Å². The molecule has 0 saturated carbocycles. The van der Waals surface area contributed by atoms with Gasteiger partial charge in [0.1, 0.15) is 11.3 Å². The minimum Gasteiger partial charge on any atom is -0.478 e. The lowest BCUT2D eigenvalue weighted by Crippen LogP contribution is -2.10. The number of carbonyl (C=O) groups is 2. The fraction of sp³-hybridized carbons (Fsp3) is 0.385. The van der Waals surface area contributed by atoms with Crippen molar-refractivity contribution < 1.29 is 19.4 Å². The first-order valence-electron chi connectivity index (χ1n) is 5.74. The van der Waals surface area contributed by atoms with Gasteiger partial charge in [0.05, 0.1) is 0 Å². The van der Waals surface area contributed by atoms with Gasteiger partial charge in [0, 0.05) is 11.8 Å². The van der Waals surface area contributed by atoms with Gasteiger partial charge >= 0.3 is 11.9 Å². The van der Waals surface area contributed by atoms with Crippen LogP contribution in [0.5, 0.6) is 5.75 Å². The van der Waals surface area contributed by atoms with Crippen molar-refractivity contribution in [3.8, 4) is 5.75 Å². The van der Waals surface area contributed by atoms with E-state index in [-0.39, 0.29) is 11.3 Å². The van der Waals surface area contributed by atoms with Crippen molar-refractivity contribution in [2.45, 2.75) is 25.7 Å². The Kier molecular flexibility index (Phi) is 6.43. The summed E-state index contributed by atoms with van der Waals surface area (Å²) in [7, 11) is 0. The van der Waals surface area contributed by atoms with Crippen LogP contribution in [-0.2, 0) is 4.79 Å². The highest BCUT2D eigenvalue weighted by Gasteiger charge is 2.13. The maximum absolute atomic E-state index is 11.5. The van der Waals surface area contributed by atoms with Crippen LogP contribution in [-0.4, -0.2) is 22.4 Å². The second-order valence-electron chi connectivity index (χ2n) is 3.78. The highest BCUT2D eigenvalue weighted by Crippen LogP contribution is 2.18. The van der Waals surface area contributed by atoms with Crippen molar-refractivity contribution in [2.75, 3.05) is 5.33 Å². The van der Waals surface area contributed by atoms with Crippen LogP contribution in [0.25, 0.3) is 0 Å². The molecule has 0 atom stereocenters. The Bertz CT molecular complexity index is 417. The van der Waals surface area contributed by atoms with Crippen molar-refractivity contribution in [1.29, 1.82) is 0 Å². The molecule has 0 fully saturated rings. The summed E-state index contributed by atoms with van der Waals surface area (Å²) in [5.41, 5.74) is 0.00584. The average Bonchev–Trinajstić information content (AvgIpc) is 2.35. The van der Waals surface area contributed by atoms with Crippen LogP contribution in [0.15, 0.2) is 24.3 Å². The second-order valence-corrected chi connectivity index (χ2v) is 4.57. The summed E-state index contributed by atoms with van der Waals surface area (Å²) in [6, 6.07) is 6.13. The Labute approximate surface area is 114 Å². The van der Waals surface area contributed by atoms with E-state index in [2.05, 4.69) is 15.9 Å². The Hall–Kier alpha value is -1.36. The lowest BCUT2D eigenvalue weighted by atomic mass is 10.2. The number of para-hydroxylation sites is 1. The molecule has 0 aliphatic rings. The van der Waals surface area contributed by atoms with Gasteiger partial charge in [-0.05, 0) is 25.0 Å². The van der Waals surface area contributed by atoms with E-state index in [1.807, 2.05) is 0 Å². The number of hydrogen-bond donors (Lipinski definition) is 1. The highest BCUT2D eigenvalue weighted by molar-refractivity contribution is 9.09. The molecule has 0 radical (unpaired) electrons. The van der Waals surface area contributed by atoms with Crippen LogP contribution in [0.3, 0.4) is 0 Å². The van der Waals surface area contributed by atoms with Gasteiger partial charge in [0.2, 0.25) is 0 Å². The SMILES string of the molecule is O=C(CCCCCBr)Oc1ccccc1C(=O)O. The van der Waals surface area contributed by atoms with Crippen molar-refractivity contribution in [3.63, 3.8) is 0 Å². The first-order chi connectivity index (χ1) is 8.65. The zero-order chi connectivity index (χ0) is 13.4. The molecule has 1 rings (SSSR count). The van der Waals surface area contributed by atoms with E-state index in [4.69, 9.17) is 9.84 Å². The standard InChI is InChI=1S/C13H15BrO4/c14-9-5-1-2-8-12(15)18-11-7-4-3-6-10(11)13(16)17/h3-4,6-7H,1-2,5,8-9H2,(H,16,17). The maximum atomic E-state index is 11.5. The lowest BCUT2D eigenvalue weighted by molar-refractivity contribution is -0.134. The Morgan fingerprint density at radius 1 is 1.17 bits per heavy atom. The fourth-order valence-corrected chi connectivity index (χ4v) is 1.84. The maximum Gasteiger partial charge on any atom is 0.339 e. The Morgan fingerprint density at radius 3 is 2.56 bits per heavy atom. The first-order valence-corrected chi connectivity index (χ1v) is 6.86. The number of aromatic carboxylic acids is 1. The molecule has 0 bridgehead atoms. The van der Waals surface area contributed by atoms with Gasteiger partial charge in [-0.1, -0.05) is 34.5 Å². The summed E-state index contributed by atoms with van der Waals surface area (Å²) in [6.07, 6.45) is 3.01. The third-order valence-electron chi connectivity index (χ3n) is 2.36. The van der Waals surface area contributed by atoms with Gasteiger partial charge in [-0.3, -0.25) is 4.79 Å². The van der Waals surface area contributed by atoms with Gasteiger partial charge in [-0.2, -0.15) is 0 Å². The minimum absolute atomic E-state index is 0.00584. The van der Waals surface area contributed by atoms with Gasteiger partial charge in [-0.15, -0.1) is 0 Å². The summed E-state index contributed by atoms with van der Waals surface area (Å²) in [5, 5.41) is 9.85. The van der Waals surface area contributed by atoms with Crippen LogP contribution in [0, 0.1) is 0 Å². The summed E-state index contributed by atoms with van der Waals surface area (Å²) < 4.78 is 5.06. The molecule has 1 N–H and O–H groups in total. The van der Waals surface area contributed by atoms with E-state index in [0.29, 0.717) is 6.42 Å². The summed E-state index contributed by atoms with van der Waals surface area (Å²) >= 11 is 3.31. The number of hydrogen-bond acceptors (Lipinski definition) is 3. The molecule has 5 heteroatoms. The molecule has 0 aliphatic heterocycles. The van der Waals surface area contributed by atoms with E-state index in [0.717, 1.165) is 24.6 Å². The zero-order valence-electron chi connectivity index (χ0n) is 9.89. The molecule has 0 aliphatic carbocycles. The van der Waals surface area contributed by atoms with E-state index in [9.17, 15) is 9.59 Å². The number of carbonyl (C=O) groups excluding carboxylic acids is 1. The average molecular weight is 315 g/mol. The lowest BCUT2D eigenvalue weighted by Gasteiger charge is -2.06. The normalized spacial score (nSPS) is 10.1. The molecular formula is C13H15BrO4. The number of unbranched alkanes of at least 4 members (excludes halogenated alkanes) is 2. The number of rotatable bonds is 7. The van der Waals surface area contributed by atoms with Crippen LogP contribution in [0.4, 0.5) is 0 Å². The number of carboxylic acids is 1. The molecule has 4 nitrogen and oxygen atoms in total. The predicted molar refractivity (Wildman–Crippen MR) is 71.3 cm³/mol. The van der Waals surface area contributed by atoms with Crippen molar-refractivity contribution in [2.24, 2.45) is 0 Å². The van der Waals surface area contributed by atoms with Gasteiger partial charge in [-0.25, -0.2) is 4.79 Å². The van der Waals surface area contributed by atoms with Crippen LogP contribution in [0.1, 0.15) is 36.0 Å². The third kappa shape index (κ3) is 4.87. The number of benzene rings is 1. The summed E-state index contributed by atoms with van der Waals surface area (Å²) in [6.45, 7) is 0. The smallest absolute Gasteiger partial charge is 0.339 e. The van der Waals surface area contributed by atoms with E-state index >= 15 is 0 Å². The summed E-state index contributed by atoms with van der Waals surface area (Å²) in [4.78, 5) is 22.4. The number of esters is 1. The molecule has 0 aromatic heterocycles. The third-order valence-corrected chi connectivity index (χ3v) is 2.92. The monoisotopic (exact) mass is 314 g/mol. The van der Waals surface area contributed by atoms with Crippen molar-refractivity contribution in [1.82, 2.24) is 0 Å². The largest absolute Gasteiger partial charge is 0.478 e. The molecule has 1 aromatic carbocycles. The molecule has 0 unspecified atom stereocenters. The topological polar surface area (TPSA) is 63.6 Å². The van der Waals surface area contributed by atoms with E-state index in [1.165, 1.54) is 12.1 Å². The molecule has 1 aromatic rings. The second kappa shape index (κ2) is 7.87. The predicted octanol–water partition coefficient (Wildman–Crippen LogP) is 3.25. The van der Waals surface area contributed by atoms with Gasteiger partial charge < -0.3 is 9.84 Å². The van der Waals surface area contributed by atoms with Gasteiger partial charge in [0.15, 0.2) is 0 Å². The van der Waals surface area contributed by atoms with Gasteiger partial charge in [0.25, 0.3) is 0 Å². The zero-order valence-corrected chi connectivity index (χ0v) is 11.5. The molecular weight excluding hydrogens is 300 g/mol. The molecule has 0 heterocycles.